The van der Waals surface area contributed by atoms with Crippen molar-refractivity contribution in [2.75, 3.05) is 7.11 Å². The molecule has 0 saturated heterocycles. The molecule has 0 aliphatic carbocycles. The van der Waals surface area contributed by atoms with E-state index in [1.54, 1.807) is 0 Å². The third-order valence-corrected chi connectivity index (χ3v) is 3.09. The molecular formula is C9H6F6O6S. The minimum Gasteiger partial charge on any atom is -0.504 e. The van der Waals surface area contributed by atoms with Gasteiger partial charge in [-0.25, -0.2) is 4.39 Å². The summed E-state index contributed by atoms with van der Waals surface area (Å²) in [4.78, 5) is 0. The number of phenolic OH excluding ortho intramolecular Hbond substituents is 1. The molecule has 0 bridgehead atoms. The molecule has 0 aromatic heterocycles. The molecule has 0 aliphatic heterocycles. The first-order valence-corrected chi connectivity index (χ1v) is 6.37. The molecule has 0 radical (unpaired) electrons. The molecule has 6 nitrogen and oxygen atoms in total. The Hall–Kier alpha value is -1.89. The van der Waals surface area contributed by atoms with E-state index < -0.39 is 50.4 Å². The fourth-order valence-corrected chi connectivity index (χ4v) is 1.54. The normalized spacial score (nSPS) is 13.1. The Kier molecular flexibility index (Phi) is 4.45. The SMILES string of the molecule is COc1c(O)cc(F)c(F)c1OC(F)(F)C(F)(F)S(=O)(=O)O. The largest absolute Gasteiger partial charge is 0.504 e. The third-order valence-electron chi connectivity index (χ3n) is 2.21. The highest BCUT2D eigenvalue weighted by Crippen LogP contribution is 2.46. The second-order valence-electron chi connectivity index (χ2n) is 3.66. The van der Waals surface area contributed by atoms with E-state index >= 15 is 0 Å². The van der Waals surface area contributed by atoms with E-state index in [4.69, 9.17) is 9.66 Å². The number of halogens is 6. The van der Waals surface area contributed by atoms with Gasteiger partial charge in [0.15, 0.2) is 11.6 Å². The van der Waals surface area contributed by atoms with Crippen molar-refractivity contribution >= 4 is 10.1 Å². The molecule has 0 spiro atoms. The van der Waals surface area contributed by atoms with Crippen LogP contribution < -0.4 is 9.47 Å². The molecule has 2 N–H and O–H groups in total. The van der Waals surface area contributed by atoms with Crippen molar-refractivity contribution in [2.45, 2.75) is 11.4 Å². The average Bonchev–Trinajstić information content (AvgIpc) is 2.34. The van der Waals surface area contributed by atoms with Gasteiger partial charge in [0, 0.05) is 6.07 Å². The molecular weight excluding hydrogens is 350 g/mol. The maximum Gasteiger partial charge on any atom is 0.483 e. The lowest BCUT2D eigenvalue weighted by molar-refractivity contribution is -0.275. The molecule has 0 saturated carbocycles. The molecule has 1 aromatic carbocycles. The molecule has 126 valence electrons. The number of methoxy groups -OCH3 is 1. The van der Waals surface area contributed by atoms with Gasteiger partial charge in [0.25, 0.3) is 0 Å². The fourth-order valence-electron chi connectivity index (χ4n) is 1.20. The summed E-state index contributed by atoms with van der Waals surface area (Å²) in [7, 11) is -6.00. The summed E-state index contributed by atoms with van der Waals surface area (Å²) in [6.45, 7) is 0. The van der Waals surface area contributed by atoms with E-state index in [-0.39, 0.29) is 6.07 Å². The monoisotopic (exact) mass is 356 g/mol. The Balaban J connectivity index is 3.48. The molecule has 0 unspecified atom stereocenters. The predicted octanol–water partition coefficient (Wildman–Crippen LogP) is 2.13. The van der Waals surface area contributed by atoms with Crippen molar-refractivity contribution in [2.24, 2.45) is 0 Å². The lowest BCUT2D eigenvalue weighted by Gasteiger charge is -2.25. The van der Waals surface area contributed by atoms with Gasteiger partial charge in [-0.2, -0.15) is 30.4 Å². The number of hydrogen-bond donors (Lipinski definition) is 2. The molecule has 1 aromatic rings. The van der Waals surface area contributed by atoms with Gasteiger partial charge in [-0.1, -0.05) is 0 Å². The molecule has 0 amide bonds. The average molecular weight is 356 g/mol. The first kappa shape index (κ1) is 18.2. The third kappa shape index (κ3) is 2.85. The number of phenols is 1. The lowest BCUT2D eigenvalue weighted by atomic mass is 10.2. The Morgan fingerprint density at radius 3 is 2.05 bits per heavy atom. The summed E-state index contributed by atoms with van der Waals surface area (Å²) < 4.78 is 115. The van der Waals surface area contributed by atoms with Crippen LogP contribution in [0.4, 0.5) is 26.3 Å². The zero-order chi connectivity index (χ0) is 17.5. The zero-order valence-corrected chi connectivity index (χ0v) is 11.1. The maximum absolute atomic E-state index is 13.4. The van der Waals surface area contributed by atoms with Crippen molar-refractivity contribution in [3.05, 3.63) is 17.7 Å². The molecule has 1 rings (SSSR count). The van der Waals surface area contributed by atoms with Gasteiger partial charge >= 0.3 is 21.5 Å². The van der Waals surface area contributed by atoms with Crippen LogP contribution in [0.5, 0.6) is 17.2 Å². The number of hydrogen-bond acceptors (Lipinski definition) is 5. The van der Waals surface area contributed by atoms with E-state index in [2.05, 4.69) is 9.47 Å². The van der Waals surface area contributed by atoms with Crippen molar-refractivity contribution in [3.8, 4) is 17.2 Å². The van der Waals surface area contributed by atoms with Crippen LogP contribution in [0.1, 0.15) is 0 Å². The summed E-state index contributed by atoms with van der Waals surface area (Å²) in [5.74, 6) is -8.85. The van der Waals surface area contributed by atoms with Gasteiger partial charge in [0.2, 0.25) is 17.3 Å². The summed E-state index contributed by atoms with van der Waals surface area (Å²) in [6.07, 6.45) is -6.02. The Morgan fingerprint density at radius 1 is 1.14 bits per heavy atom. The van der Waals surface area contributed by atoms with E-state index in [1.165, 1.54) is 0 Å². The van der Waals surface area contributed by atoms with Crippen molar-refractivity contribution in [1.82, 2.24) is 0 Å². The summed E-state index contributed by atoms with van der Waals surface area (Å²) in [6, 6.07) is 0.0695. The maximum atomic E-state index is 13.4. The number of benzene rings is 1. The Bertz CT molecular complexity index is 688. The van der Waals surface area contributed by atoms with E-state index in [0.717, 1.165) is 0 Å². The highest BCUT2D eigenvalue weighted by Gasteiger charge is 2.69. The predicted molar refractivity (Wildman–Crippen MR) is 56.6 cm³/mol. The molecule has 0 heterocycles. The van der Waals surface area contributed by atoms with Crippen LogP contribution in [0, 0.1) is 11.6 Å². The topological polar surface area (TPSA) is 93.1 Å². The number of rotatable bonds is 5. The fraction of sp³-hybridized carbons (Fsp3) is 0.333. The second-order valence-corrected chi connectivity index (χ2v) is 5.13. The van der Waals surface area contributed by atoms with Crippen molar-refractivity contribution in [3.63, 3.8) is 0 Å². The number of aromatic hydroxyl groups is 1. The van der Waals surface area contributed by atoms with Gasteiger partial charge in [-0.05, 0) is 0 Å². The van der Waals surface area contributed by atoms with Gasteiger partial charge in [-0.15, -0.1) is 0 Å². The number of alkyl halides is 4. The minimum absolute atomic E-state index is 0.0695. The van der Waals surface area contributed by atoms with Gasteiger partial charge in [-0.3, -0.25) is 4.55 Å². The van der Waals surface area contributed by atoms with Gasteiger partial charge < -0.3 is 14.6 Å². The number of ether oxygens (including phenoxy) is 2. The molecule has 0 aliphatic rings. The molecule has 13 heteroatoms. The van der Waals surface area contributed by atoms with E-state index in [0.29, 0.717) is 7.11 Å². The standard InChI is InChI=1S/C9H6F6O6S/c1-20-6-4(16)2-3(10)5(11)7(6)21-8(12,13)9(14,15)22(17,18)19/h2,16H,1H3,(H,17,18,19). The smallest absolute Gasteiger partial charge is 0.483 e. The Morgan fingerprint density at radius 2 is 1.64 bits per heavy atom. The van der Waals surface area contributed by atoms with Crippen LogP contribution in [0.2, 0.25) is 0 Å². The summed E-state index contributed by atoms with van der Waals surface area (Å²) in [5.41, 5.74) is 0. The quantitative estimate of drug-likeness (QED) is 0.620. The molecule has 0 atom stereocenters. The first-order chi connectivity index (χ1) is 9.76. The van der Waals surface area contributed by atoms with Gasteiger partial charge in [0.05, 0.1) is 7.11 Å². The van der Waals surface area contributed by atoms with Crippen LogP contribution in [0.3, 0.4) is 0 Å². The molecule has 22 heavy (non-hydrogen) atoms. The lowest BCUT2D eigenvalue weighted by Crippen LogP contribution is -2.50. The molecule has 0 fully saturated rings. The van der Waals surface area contributed by atoms with Crippen LogP contribution in [0.15, 0.2) is 6.07 Å². The van der Waals surface area contributed by atoms with E-state index in [1.807, 2.05) is 0 Å². The van der Waals surface area contributed by atoms with Crippen LogP contribution in [-0.2, 0) is 10.1 Å². The Labute approximate surface area is 118 Å². The summed E-state index contributed by atoms with van der Waals surface area (Å²) in [5, 5.41) is 2.95. The van der Waals surface area contributed by atoms with E-state index in [9.17, 15) is 34.8 Å². The highest BCUT2D eigenvalue weighted by atomic mass is 32.2. The van der Waals surface area contributed by atoms with Crippen LogP contribution >= 0.6 is 0 Å². The highest BCUT2D eigenvalue weighted by molar-refractivity contribution is 7.86. The minimum atomic E-state index is -6.66. The van der Waals surface area contributed by atoms with Gasteiger partial charge in [0.1, 0.15) is 0 Å². The van der Waals surface area contributed by atoms with Crippen LogP contribution in [0.25, 0.3) is 0 Å². The van der Waals surface area contributed by atoms with Crippen molar-refractivity contribution < 1.29 is 53.9 Å². The second kappa shape index (κ2) is 5.39. The van der Waals surface area contributed by atoms with Crippen LogP contribution in [-0.4, -0.2) is 36.6 Å². The first-order valence-electron chi connectivity index (χ1n) is 4.93. The summed E-state index contributed by atoms with van der Waals surface area (Å²) >= 11 is 0. The zero-order valence-electron chi connectivity index (χ0n) is 10.3. The van der Waals surface area contributed by atoms with Crippen molar-refractivity contribution in [1.29, 1.82) is 0 Å².